The van der Waals surface area contributed by atoms with Gasteiger partial charge in [0.25, 0.3) is 0 Å². The Balaban J connectivity index is 1.37. The third-order valence-electron chi connectivity index (χ3n) is 3.20. The lowest BCUT2D eigenvalue weighted by Gasteiger charge is -2.04. The van der Waals surface area contributed by atoms with E-state index in [1.807, 2.05) is 4.68 Å². The Labute approximate surface area is 110 Å². The number of tetrazole rings is 1. The third kappa shape index (κ3) is 3.22. The van der Waals surface area contributed by atoms with Crippen molar-refractivity contribution < 1.29 is 4.79 Å². The number of hydrogen-bond donors (Lipinski definition) is 1. The molecule has 2 aliphatic rings. The number of nitrogens with one attached hydrogen (secondary N) is 1. The van der Waals surface area contributed by atoms with Crippen LogP contribution in [0.15, 0.2) is 0 Å². The molecular formula is C11H17N5OS. The Bertz CT molecular complexity index is 427. The summed E-state index contributed by atoms with van der Waals surface area (Å²) in [6, 6.07) is 0.499. The van der Waals surface area contributed by atoms with Crippen molar-refractivity contribution in [2.75, 3.05) is 12.3 Å². The van der Waals surface area contributed by atoms with Crippen LogP contribution in [-0.2, 0) is 10.5 Å². The smallest absolute Gasteiger partial charge is 0.230 e. The van der Waals surface area contributed by atoms with E-state index in [2.05, 4.69) is 20.8 Å². The quantitative estimate of drug-likeness (QED) is 0.790. The standard InChI is InChI=1S/C11H17N5OS/c17-11(12-5-8-1-2-8)7-18-6-10-13-14-15-16(10)9-3-4-9/h8-9H,1-7H2,(H,12,17). The molecule has 0 atom stereocenters. The van der Waals surface area contributed by atoms with E-state index in [1.165, 1.54) is 25.7 Å². The van der Waals surface area contributed by atoms with E-state index in [0.29, 0.717) is 17.5 Å². The highest BCUT2D eigenvalue weighted by atomic mass is 32.2. The molecule has 2 saturated carbocycles. The van der Waals surface area contributed by atoms with E-state index in [-0.39, 0.29) is 5.91 Å². The number of thioether (sulfide) groups is 1. The van der Waals surface area contributed by atoms with Crippen molar-refractivity contribution >= 4 is 17.7 Å². The molecule has 2 fully saturated rings. The number of carbonyl (C=O) groups is 1. The predicted molar refractivity (Wildman–Crippen MR) is 68.0 cm³/mol. The van der Waals surface area contributed by atoms with Crippen LogP contribution in [0.3, 0.4) is 0 Å². The lowest BCUT2D eigenvalue weighted by atomic mass is 10.4. The molecule has 0 aromatic carbocycles. The molecule has 0 bridgehead atoms. The van der Waals surface area contributed by atoms with Crippen LogP contribution in [0.1, 0.15) is 37.5 Å². The number of amides is 1. The molecule has 98 valence electrons. The molecule has 0 radical (unpaired) electrons. The monoisotopic (exact) mass is 267 g/mol. The largest absolute Gasteiger partial charge is 0.355 e. The Kier molecular flexibility index (Phi) is 3.49. The van der Waals surface area contributed by atoms with Gasteiger partial charge in [-0.05, 0) is 42.0 Å². The zero-order valence-corrected chi connectivity index (χ0v) is 11.0. The normalized spacial score (nSPS) is 18.9. The fourth-order valence-electron chi connectivity index (χ4n) is 1.78. The van der Waals surface area contributed by atoms with E-state index in [1.54, 1.807) is 11.8 Å². The van der Waals surface area contributed by atoms with Gasteiger partial charge in [-0.25, -0.2) is 4.68 Å². The Hall–Kier alpha value is -1.11. The summed E-state index contributed by atoms with van der Waals surface area (Å²) in [6.45, 7) is 0.846. The summed E-state index contributed by atoms with van der Waals surface area (Å²) in [6.07, 6.45) is 4.88. The molecule has 0 saturated heterocycles. The first-order chi connectivity index (χ1) is 8.83. The van der Waals surface area contributed by atoms with Crippen molar-refractivity contribution in [1.82, 2.24) is 25.5 Å². The summed E-state index contributed by atoms with van der Waals surface area (Å²) in [5, 5.41) is 14.6. The lowest BCUT2D eigenvalue weighted by Crippen LogP contribution is -2.27. The lowest BCUT2D eigenvalue weighted by molar-refractivity contribution is -0.118. The maximum Gasteiger partial charge on any atom is 0.230 e. The molecule has 1 aromatic rings. The molecule has 6 nitrogen and oxygen atoms in total. The van der Waals surface area contributed by atoms with Crippen LogP contribution in [0.2, 0.25) is 0 Å². The van der Waals surface area contributed by atoms with Crippen LogP contribution >= 0.6 is 11.8 Å². The predicted octanol–water partition coefficient (Wildman–Crippen LogP) is 0.767. The van der Waals surface area contributed by atoms with Crippen LogP contribution < -0.4 is 5.32 Å². The molecule has 1 N–H and O–H groups in total. The van der Waals surface area contributed by atoms with Gasteiger partial charge in [0.1, 0.15) is 0 Å². The summed E-state index contributed by atoms with van der Waals surface area (Å²) in [5.41, 5.74) is 0. The Morgan fingerprint density at radius 1 is 1.39 bits per heavy atom. The van der Waals surface area contributed by atoms with Crippen molar-refractivity contribution in [3.8, 4) is 0 Å². The van der Waals surface area contributed by atoms with Gasteiger partial charge in [0, 0.05) is 6.54 Å². The van der Waals surface area contributed by atoms with Crippen LogP contribution in [0, 0.1) is 5.92 Å². The SMILES string of the molecule is O=C(CSCc1nnnn1C1CC1)NCC1CC1. The van der Waals surface area contributed by atoms with E-state index in [9.17, 15) is 4.79 Å². The highest BCUT2D eigenvalue weighted by molar-refractivity contribution is 7.99. The minimum Gasteiger partial charge on any atom is -0.355 e. The van der Waals surface area contributed by atoms with E-state index in [0.717, 1.165) is 18.3 Å². The molecule has 0 aliphatic heterocycles. The highest BCUT2D eigenvalue weighted by Gasteiger charge is 2.27. The molecule has 1 heterocycles. The number of rotatable bonds is 7. The van der Waals surface area contributed by atoms with Gasteiger partial charge in [-0.2, -0.15) is 0 Å². The zero-order valence-electron chi connectivity index (χ0n) is 10.2. The number of hydrogen-bond acceptors (Lipinski definition) is 5. The summed E-state index contributed by atoms with van der Waals surface area (Å²) < 4.78 is 1.90. The fourth-order valence-corrected chi connectivity index (χ4v) is 2.54. The van der Waals surface area contributed by atoms with Crippen molar-refractivity contribution in [3.05, 3.63) is 5.82 Å². The maximum atomic E-state index is 11.5. The molecular weight excluding hydrogens is 250 g/mol. The maximum absolute atomic E-state index is 11.5. The van der Waals surface area contributed by atoms with Crippen molar-refractivity contribution in [1.29, 1.82) is 0 Å². The molecule has 1 amide bonds. The van der Waals surface area contributed by atoms with Gasteiger partial charge in [0.05, 0.1) is 17.5 Å². The minimum atomic E-state index is 0.123. The van der Waals surface area contributed by atoms with Gasteiger partial charge in [0.2, 0.25) is 5.91 Å². The van der Waals surface area contributed by atoms with Crippen molar-refractivity contribution in [2.24, 2.45) is 5.92 Å². The van der Waals surface area contributed by atoms with Gasteiger partial charge < -0.3 is 5.32 Å². The van der Waals surface area contributed by atoms with Gasteiger partial charge in [-0.1, -0.05) is 0 Å². The first-order valence-electron chi connectivity index (χ1n) is 6.44. The zero-order chi connectivity index (χ0) is 12.4. The van der Waals surface area contributed by atoms with Crippen molar-refractivity contribution in [3.63, 3.8) is 0 Å². The Morgan fingerprint density at radius 2 is 2.22 bits per heavy atom. The van der Waals surface area contributed by atoms with Gasteiger partial charge in [-0.15, -0.1) is 16.9 Å². The van der Waals surface area contributed by atoms with Crippen LogP contribution in [0.25, 0.3) is 0 Å². The van der Waals surface area contributed by atoms with E-state index >= 15 is 0 Å². The highest BCUT2D eigenvalue weighted by Crippen LogP contribution is 2.34. The molecule has 18 heavy (non-hydrogen) atoms. The molecule has 0 unspecified atom stereocenters. The summed E-state index contributed by atoms with van der Waals surface area (Å²) in [5.74, 6) is 2.95. The second-order valence-corrected chi connectivity index (χ2v) is 6.00. The molecule has 0 spiro atoms. The summed E-state index contributed by atoms with van der Waals surface area (Å²) in [4.78, 5) is 11.5. The van der Waals surface area contributed by atoms with E-state index in [4.69, 9.17) is 0 Å². The number of nitrogens with zero attached hydrogens (tertiary/aromatic N) is 4. The average molecular weight is 267 g/mol. The van der Waals surface area contributed by atoms with Gasteiger partial charge in [0.15, 0.2) is 5.82 Å². The topological polar surface area (TPSA) is 72.7 Å². The summed E-state index contributed by atoms with van der Waals surface area (Å²) in [7, 11) is 0. The number of aromatic nitrogens is 4. The minimum absolute atomic E-state index is 0.123. The Morgan fingerprint density at radius 3 is 2.94 bits per heavy atom. The van der Waals surface area contributed by atoms with Gasteiger partial charge in [-0.3, -0.25) is 4.79 Å². The second kappa shape index (κ2) is 5.26. The van der Waals surface area contributed by atoms with Crippen LogP contribution in [-0.4, -0.2) is 38.4 Å². The first-order valence-corrected chi connectivity index (χ1v) is 7.59. The van der Waals surface area contributed by atoms with E-state index < -0.39 is 0 Å². The van der Waals surface area contributed by atoms with Crippen LogP contribution in [0.5, 0.6) is 0 Å². The molecule has 7 heteroatoms. The second-order valence-electron chi connectivity index (χ2n) is 5.01. The molecule has 1 aromatic heterocycles. The number of carbonyl (C=O) groups excluding carboxylic acids is 1. The van der Waals surface area contributed by atoms with Crippen molar-refractivity contribution in [2.45, 2.75) is 37.5 Å². The summed E-state index contributed by atoms with van der Waals surface area (Å²) >= 11 is 1.58. The van der Waals surface area contributed by atoms with Crippen LogP contribution in [0.4, 0.5) is 0 Å². The average Bonchev–Trinajstić information content (AvgIpc) is 3.28. The molecule has 3 rings (SSSR count). The fraction of sp³-hybridized carbons (Fsp3) is 0.818. The van der Waals surface area contributed by atoms with Gasteiger partial charge >= 0.3 is 0 Å². The first kappa shape index (κ1) is 12.0. The molecule has 2 aliphatic carbocycles. The third-order valence-corrected chi connectivity index (χ3v) is 4.13.